The number of amidine groups is 1. The third-order valence-corrected chi connectivity index (χ3v) is 4.05. The number of amides is 2. The second kappa shape index (κ2) is 4.06. The van der Waals surface area contributed by atoms with Crippen LogP contribution in [0.3, 0.4) is 0 Å². The molecule has 2 unspecified atom stereocenters. The van der Waals surface area contributed by atoms with Crippen molar-refractivity contribution in [1.29, 1.82) is 0 Å². The highest BCUT2D eigenvalue weighted by atomic mass is 16.2. The van der Waals surface area contributed by atoms with Crippen molar-refractivity contribution < 1.29 is 4.79 Å². The second-order valence-corrected chi connectivity index (χ2v) is 5.27. The molecule has 2 rings (SSSR count). The highest BCUT2D eigenvalue weighted by molar-refractivity contribution is 6.05. The lowest BCUT2D eigenvalue weighted by atomic mass is 9.75. The highest BCUT2D eigenvalue weighted by Gasteiger charge is 2.48. The van der Waals surface area contributed by atoms with E-state index in [-0.39, 0.29) is 12.1 Å². The van der Waals surface area contributed by atoms with Gasteiger partial charge in [0.25, 0.3) is 0 Å². The molecule has 1 fully saturated rings. The maximum atomic E-state index is 11.9. The van der Waals surface area contributed by atoms with Crippen molar-refractivity contribution in [2.24, 2.45) is 16.6 Å². The molecule has 2 atom stereocenters. The number of rotatable bonds is 3. The minimum absolute atomic E-state index is 0.266. The first-order chi connectivity index (χ1) is 7.99. The molecule has 0 aromatic heterocycles. The van der Waals surface area contributed by atoms with E-state index >= 15 is 0 Å². The first kappa shape index (κ1) is 12.0. The van der Waals surface area contributed by atoms with Crippen LogP contribution >= 0.6 is 0 Å². The van der Waals surface area contributed by atoms with Gasteiger partial charge in [-0.25, -0.2) is 4.79 Å². The fourth-order valence-electron chi connectivity index (χ4n) is 2.74. The molecule has 0 saturated heterocycles. The van der Waals surface area contributed by atoms with Gasteiger partial charge in [-0.15, -0.1) is 6.42 Å². The Morgan fingerprint density at radius 1 is 1.71 bits per heavy atom. The smallest absolute Gasteiger partial charge is 0.347 e. The lowest BCUT2D eigenvalue weighted by Gasteiger charge is -2.41. The minimum Gasteiger partial charge on any atom is -0.385 e. The van der Waals surface area contributed by atoms with Crippen molar-refractivity contribution in [3.8, 4) is 12.3 Å². The summed E-state index contributed by atoms with van der Waals surface area (Å²) in [6.07, 6.45) is 10.0. The van der Waals surface area contributed by atoms with E-state index < -0.39 is 5.54 Å². The Labute approximate surface area is 102 Å². The van der Waals surface area contributed by atoms with E-state index in [1.54, 1.807) is 4.90 Å². The van der Waals surface area contributed by atoms with Gasteiger partial charge in [0.05, 0.1) is 6.04 Å². The molecule has 1 saturated carbocycles. The molecule has 0 radical (unpaired) electrons. The van der Waals surface area contributed by atoms with E-state index in [4.69, 9.17) is 12.2 Å². The van der Waals surface area contributed by atoms with Crippen molar-refractivity contribution in [2.45, 2.75) is 51.1 Å². The summed E-state index contributed by atoms with van der Waals surface area (Å²) in [5.74, 6) is 3.66. The lowest BCUT2D eigenvalue weighted by Crippen LogP contribution is -2.56. The zero-order valence-corrected chi connectivity index (χ0v) is 10.4. The van der Waals surface area contributed by atoms with Gasteiger partial charge in [0.2, 0.25) is 0 Å². The standard InChI is InChI=1S/C13H19N3O/c1-4-9(2)16-12(17)15-11(14)13(16,3)8-10-6-5-7-10/h1,9-10H,5-8H2,2-3H3,(H2,14,15,17). The number of nitrogens with two attached hydrogens (primary N) is 1. The third-order valence-electron chi connectivity index (χ3n) is 4.05. The quantitative estimate of drug-likeness (QED) is 0.755. The van der Waals surface area contributed by atoms with Gasteiger partial charge in [0.15, 0.2) is 0 Å². The monoisotopic (exact) mass is 233 g/mol. The van der Waals surface area contributed by atoms with Gasteiger partial charge in [0.1, 0.15) is 11.4 Å². The molecule has 92 valence electrons. The summed E-state index contributed by atoms with van der Waals surface area (Å²) >= 11 is 0. The topological polar surface area (TPSA) is 58.7 Å². The number of carbonyl (C=O) groups is 1. The van der Waals surface area contributed by atoms with E-state index in [0.717, 1.165) is 6.42 Å². The summed E-state index contributed by atoms with van der Waals surface area (Å²) in [7, 11) is 0. The molecular weight excluding hydrogens is 214 g/mol. The Hall–Kier alpha value is -1.50. The summed E-state index contributed by atoms with van der Waals surface area (Å²) in [5, 5.41) is 0. The predicted octanol–water partition coefficient (Wildman–Crippen LogP) is 1.75. The third kappa shape index (κ3) is 1.80. The van der Waals surface area contributed by atoms with E-state index in [2.05, 4.69) is 10.9 Å². The molecule has 2 aliphatic rings. The van der Waals surface area contributed by atoms with E-state index in [0.29, 0.717) is 11.8 Å². The zero-order valence-electron chi connectivity index (χ0n) is 10.4. The van der Waals surface area contributed by atoms with E-state index in [1.165, 1.54) is 19.3 Å². The molecule has 4 heteroatoms. The van der Waals surface area contributed by atoms with Crippen LogP contribution in [0.15, 0.2) is 4.99 Å². The molecule has 1 aliphatic heterocycles. The summed E-state index contributed by atoms with van der Waals surface area (Å²) in [5.41, 5.74) is 5.44. The molecule has 17 heavy (non-hydrogen) atoms. The van der Waals surface area contributed by atoms with Crippen molar-refractivity contribution >= 4 is 11.9 Å². The molecule has 1 heterocycles. The van der Waals surface area contributed by atoms with Crippen molar-refractivity contribution in [2.75, 3.05) is 0 Å². The molecule has 0 spiro atoms. The number of aliphatic imine (C=N–C) groups is 1. The maximum absolute atomic E-state index is 11.9. The molecule has 2 amide bonds. The summed E-state index contributed by atoms with van der Waals surface area (Å²) < 4.78 is 0. The van der Waals surface area contributed by atoms with Gasteiger partial charge >= 0.3 is 6.03 Å². The van der Waals surface area contributed by atoms with Crippen LogP contribution in [0.25, 0.3) is 0 Å². The van der Waals surface area contributed by atoms with Crippen LogP contribution in [0.1, 0.15) is 39.5 Å². The van der Waals surface area contributed by atoms with Crippen LogP contribution in [-0.4, -0.2) is 28.3 Å². The second-order valence-electron chi connectivity index (χ2n) is 5.27. The number of urea groups is 1. The van der Waals surface area contributed by atoms with Gasteiger partial charge in [-0.3, -0.25) is 4.90 Å². The van der Waals surface area contributed by atoms with Crippen LogP contribution in [-0.2, 0) is 0 Å². The SMILES string of the molecule is C#CC(C)N1C(=O)N=C(N)C1(C)CC1CCC1. The Morgan fingerprint density at radius 3 is 2.82 bits per heavy atom. The number of hydrogen-bond acceptors (Lipinski definition) is 2. The van der Waals surface area contributed by atoms with Gasteiger partial charge in [-0.1, -0.05) is 25.2 Å². The first-order valence-electron chi connectivity index (χ1n) is 6.13. The first-order valence-corrected chi connectivity index (χ1v) is 6.13. The van der Waals surface area contributed by atoms with Crippen LogP contribution in [0.4, 0.5) is 4.79 Å². The minimum atomic E-state index is -0.492. The average molecular weight is 233 g/mol. The fourth-order valence-corrected chi connectivity index (χ4v) is 2.74. The van der Waals surface area contributed by atoms with E-state index in [1.807, 2.05) is 13.8 Å². The average Bonchev–Trinajstić information content (AvgIpc) is 2.44. The maximum Gasteiger partial charge on any atom is 0.347 e. The Balaban J connectivity index is 2.24. The Kier molecular flexibility index (Phi) is 2.86. The largest absolute Gasteiger partial charge is 0.385 e. The number of hydrogen-bond donors (Lipinski definition) is 1. The molecular formula is C13H19N3O. The van der Waals surface area contributed by atoms with Gasteiger partial charge < -0.3 is 5.73 Å². The molecule has 2 N–H and O–H groups in total. The van der Waals surface area contributed by atoms with E-state index in [9.17, 15) is 4.79 Å². The number of nitrogens with zero attached hydrogens (tertiary/aromatic N) is 2. The zero-order chi connectivity index (χ0) is 12.6. The molecule has 4 nitrogen and oxygen atoms in total. The number of carbonyl (C=O) groups excluding carboxylic acids is 1. The normalized spacial score (nSPS) is 30.8. The molecule has 0 aromatic carbocycles. The molecule has 1 aliphatic carbocycles. The summed E-state index contributed by atoms with van der Waals surface area (Å²) in [4.78, 5) is 17.4. The van der Waals surface area contributed by atoms with Crippen LogP contribution < -0.4 is 5.73 Å². The van der Waals surface area contributed by atoms with Gasteiger partial charge in [-0.05, 0) is 26.2 Å². The summed E-state index contributed by atoms with van der Waals surface area (Å²) in [6, 6.07) is -0.563. The van der Waals surface area contributed by atoms with Crippen molar-refractivity contribution in [1.82, 2.24) is 4.90 Å². The lowest BCUT2D eigenvalue weighted by molar-refractivity contribution is 0.132. The Morgan fingerprint density at radius 2 is 2.35 bits per heavy atom. The van der Waals surface area contributed by atoms with Crippen molar-refractivity contribution in [3.05, 3.63) is 0 Å². The Bertz CT molecular complexity index is 405. The van der Waals surface area contributed by atoms with Crippen molar-refractivity contribution in [3.63, 3.8) is 0 Å². The van der Waals surface area contributed by atoms with Gasteiger partial charge in [-0.2, -0.15) is 4.99 Å². The van der Waals surface area contributed by atoms with Crippen LogP contribution in [0.2, 0.25) is 0 Å². The molecule has 0 aromatic rings. The van der Waals surface area contributed by atoms with Crippen LogP contribution in [0, 0.1) is 18.3 Å². The number of terminal acetylenes is 1. The van der Waals surface area contributed by atoms with Crippen LogP contribution in [0.5, 0.6) is 0 Å². The van der Waals surface area contributed by atoms with Gasteiger partial charge in [0, 0.05) is 0 Å². The fraction of sp³-hybridized carbons (Fsp3) is 0.692. The predicted molar refractivity (Wildman–Crippen MR) is 67.5 cm³/mol. The molecule has 0 bridgehead atoms. The summed E-state index contributed by atoms with van der Waals surface area (Å²) in [6.45, 7) is 3.81. The highest BCUT2D eigenvalue weighted by Crippen LogP contribution is 2.39.